The van der Waals surface area contributed by atoms with Crippen LogP contribution >= 0.6 is 0 Å². The molecule has 0 N–H and O–H groups in total. The zero-order chi connectivity index (χ0) is 22.0. The highest BCUT2D eigenvalue weighted by molar-refractivity contribution is 5.94. The Morgan fingerprint density at radius 1 is 1.03 bits per heavy atom. The summed E-state index contributed by atoms with van der Waals surface area (Å²) in [4.78, 5) is 20.5. The standard InChI is InChI=1S/C21H18F4N4O2/c22-17-3-1-2-15(12-17)19-26-18(27-31-19)13-28-8-10-29(11-9-28)20(30)14-4-6-16(7-5-14)21(23,24)25/h1-7,12H,8-11,13H2. The van der Waals surface area contributed by atoms with Gasteiger partial charge in [0.15, 0.2) is 5.82 Å². The van der Waals surface area contributed by atoms with Crippen LogP contribution in [0.4, 0.5) is 17.6 Å². The van der Waals surface area contributed by atoms with Gasteiger partial charge in [-0.15, -0.1) is 0 Å². The zero-order valence-corrected chi connectivity index (χ0v) is 16.3. The molecule has 2 heterocycles. The predicted molar refractivity (Wildman–Crippen MR) is 102 cm³/mol. The van der Waals surface area contributed by atoms with Crippen LogP contribution in [0.25, 0.3) is 11.5 Å². The van der Waals surface area contributed by atoms with Gasteiger partial charge in [-0.25, -0.2) is 4.39 Å². The largest absolute Gasteiger partial charge is 0.416 e. The molecular formula is C21H18F4N4O2. The summed E-state index contributed by atoms with van der Waals surface area (Å²) in [6.07, 6.45) is -4.43. The molecule has 162 valence electrons. The average molecular weight is 434 g/mol. The molecule has 1 aliphatic rings. The number of hydrogen-bond acceptors (Lipinski definition) is 5. The summed E-state index contributed by atoms with van der Waals surface area (Å²) >= 11 is 0. The summed E-state index contributed by atoms with van der Waals surface area (Å²) in [6.45, 7) is 2.36. The second-order valence-corrected chi connectivity index (χ2v) is 7.17. The van der Waals surface area contributed by atoms with Crippen molar-refractivity contribution in [1.29, 1.82) is 0 Å². The quantitative estimate of drug-likeness (QED) is 0.584. The lowest BCUT2D eigenvalue weighted by molar-refractivity contribution is -0.137. The molecule has 0 radical (unpaired) electrons. The molecule has 1 amide bonds. The third kappa shape index (κ3) is 4.91. The first-order valence-corrected chi connectivity index (χ1v) is 9.57. The Bertz CT molecular complexity index is 1060. The number of carbonyl (C=O) groups is 1. The van der Waals surface area contributed by atoms with Gasteiger partial charge < -0.3 is 9.42 Å². The number of hydrogen-bond donors (Lipinski definition) is 0. The number of amides is 1. The zero-order valence-electron chi connectivity index (χ0n) is 16.3. The molecule has 0 bridgehead atoms. The van der Waals surface area contributed by atoms with Gasteiger partial charge in [0.05, 0.1) is 12.1 Å². The summed E-state index contributed by atoms with van der Waals surface area (Å²) in [5.74, 6) is -0.0280. The lowest BCUT2D eigenvalue weighted by atomic mass is 10.1. The topological polar surface area (TPSA) is 62.5 Å². The molecule has 1 fully saturated rings. The second kappa shape index (κ2) is 8.46. The fourth-order valence-corrected chi connectivity index (χ4v) is 3.35. The molecular weight excluding hydrogens is 416 g/mol. The number of nitrogens with zero attached hydrogens (tertiary/aromatic N) is 4. The normalized spacial score (nSPS) is 15.3. The Balaban J connectivity index is 1.32. The number of piperazine rings is 1. The summed E-state index contributed by atoms with van der Waals surface area (Å²) in [7, 11) is 0. The van der Waals surface area contributed by atoms with E-state index in [1.807, 2.05) is 4.90 Å². The van der Waals surface area contributed by atoms with Crippen molar-refractivity contribution in [3.8, 4) is 11.5 Å². The molecule has 10 heteroatoms. The lowest BCUT2D eigenvalue weighted by Crippen LogP contribution is -2.48. The van der Waals surface area contributed by atoms with Gasteiger partial charge in [0, 0.05) is 37.3 Å². The van der Waals surface area contributed by atoms with Crippen LogP contribution in [-0.2, 0) is 12.7 Å². The van der Waals surface area contributed by atoms with Gasteiger partial charge in [-0.05, 0) is 42.5 Å². The number of aromatic nitrogens is 2. The number of halogens is 4. The summed E-state index contributed by atoms with van der Waals surface area (Å²) < 4.78 is 56.6. The minimum Gasteiger partial charge on any atom is -0.336 e. The van der Waals surface area contributed by atoms with E-state index in [4.69, 9.17) is 4.52 Å². The smallest absolute Gasteiger partial charge is 0.336 e. The summed E-state index contributed by atoms with van der Waals surface area (Å²) in [5, 5.41) is 3.92. The lowest BCUT2D eigenvalue weighted by Gasteiger charge is -2.34. The van der Waals surface area contributed by atoms with Crippen molar-refractivity contribution in [3.05, 3.63) is 71.3 Å². The van der Waals surface area contributed by atoms with Gasteiger partial charge in [0.1, 0.15) is 5.82 Å². The Morgan fingerprint density at radius 2 is 1.74 bits per heavy atom. The first-order valence-electron chi connectivity index (χ1n) is 9.57. The Hall–Kier alpha value is -3.27. The van der Waals surface area contributed by atoms with Gasteiger partial charge in [-0.3, -0.25) is 9.69 Å². The van der Waals surface area contributed by atoms with E-state index in [-0.39, 0.29) is 17.4 Å². The summed E-state index contributed by atoms with van der Waals surface area (Å²) in [6, 6.07) is 10.1. The van der Waals surface area contributed by atoms with Crippen molar-refractivity contribution in [1.82, 2.24) is 19.9 Å². The van der Waals surface area contributed by atoms with E-state index in [1.54, 1.807) is 17.0 Å². The van der Waals surface area contributed by atoms with Gasteiger partial charge in [-0.1, -0.05) is 11.2 Å². The Morgan fingerprint density at radius 3 is 2.39 bits per heavy atom. The van der Waals surface area contributed by atoms with Gasteiger partial charge >= 0.3 is 6.18 Å². The van der Waals surface area contributed by atoms with Gasteiger partial charge in [0.25, 0.3) is 11.8 Å². The van der Waals surface area contributed by atoms with Crippen molar-refractivity contribution in [2.24, 2.45) is 0 Å². The van der Waals surface area contributed by atoms with Crippen molar-refractivity contribution < 1.29 is 26.9 Å². The maximum Gasteiger partial charge on any atom is 0.416 e. The van der Waals surface area contributed by atoms with E-state index in [1.165, 1.54) is 24.3 Å². The molecule has 3 aromatic rings. The molecule has 1 aliphatic heterocycles. The Labute approximate surface area is 175 Å². The molecule has 0 atom stereocenters. The highest BCUT2D eigenvalue weighted by atomic mass is 19.4. The van der Waals surface area contributed by atoms with Crippen LogP contribution in [0.3, 0.4) is 0 Å². The first kappa shape index (κ1) is 21.0. The van der Waals surface area contributed by atoms with E-state index in [2.05, 4.69) is 10.1 Å². The monoisotopic (exact) mass is 434 g/mol. The van der Waals surface area contributed by atoms with Crippen LogP contribution in [0.5, 0.6) is 0 Å². The third-order valence-electron chi connectivity index (χ3n) is 5.02. The maximum atomic E-state index is 13.3. The number of alkyl halides is 3. The number of carbonyl (C=O) groups excluding carboxylic acids is 1. The van der Waals surface area contributed by atoms with Crippen molar-refractivity contribution in [2.75, 3.05) is 26.2 Å². The summed E-state index contributed by atoms with van der Waals surface area (Å²) in [5.41, 5.74) is -0.0725. The molecule has 2 aromatic carbocycles. The maximum absolute atomic E-state index is 13.3. The van der Waals surface area contributed by atoms with Crippen LogP contribution < -0.4 is 0 Å². The van der Waals surface area contributed by atoms with Crippen molar-refractivity contribution in [2.45, 2.75) is 12.7 Å². The van der Waals surface area contributed by atoms with Crippen molar-refractivity contribution >= 4 is 5.91 Å². The molecule has 0 spiro atoms. The van der Waals surface area contributed by atoms with Crippen molar-refractivity contribution in [3.63, 3.8) is 0 Å². The molecule has 0 saturated carbocycles. The fraction of sp³-hybridized carbons (Fsp3) is 0.286. The van der Waals surface area contributed by atoms with Crippen LogP contribution in [0, 0.1) is 5.82 Å². The second-order valence-electron chi connectivity index (χ2n) is 7.17. The molecule has 0 unspecified atom stereocenters. The minimum absolute atomic E-state index is 0.222. The van der Waals surface area contributed by atoms with Gasteiger partial charge in [-0.2, -0.15) is 18.2 Å². The molecule has 6 nitrogen and oxygen atoms in total. The number of rotatable bonds is 4. The SMILES string of the molecule is O=C(c1ccc(C(F)(F)F)cc1)N1CCN(Cc2noc(-c3cccc(F)c3)n2)CC1. The van der Waals surface area contributed by atoms with E-state index in [9.17, 15) is 22.4 Å². The molecule has 1 saturated heterocycles. The molecule has 1 aromatic heterocycles. The van der Waals surface area contributed by atoms with E-state index in [0.717, 1.165) is 12.1 Å². The van der Waals surface area contributed by atoms with E-state index < -0.39 is 17.6 Å². The number of benzene rings is 2. The average Bonchev–Trinajstić information content (AvgIpc) is 3.22. The molecule has 31 heavy (non-hydrogen) atoms. The Kier molecular flexibility index (Phi) is 5.73. The third-order valence-corrected chi connectivity index (χ3v) is 5.02. The van der Waals surface area contributed by atoms with Crippen LogP contribution in [-0.4, -0.2) is 52.0 Å². The van der Waals surface area contributed by atoms with E-state index >= 15 is 0 Å². The van der Waals surface area contributed by atoms with Crippen LogP contribution in [0.2, 0.25) is 0 Å². The molecule has 0 aliphatic carbocycles. The highest BCUT2D eigenvalue weighted by Gasteiger charge is 2.31. The van der Waals surface area contributed by atoms with Crippen LogP contribution in [0.1, 0.15) is 21.7 Å². The van der Waals surface area contributed by atoms with E-state index in [0.29, 0.717) is 44.1 Å². The van der Waals surface area contributed by atoms with Crippen LogP contribution in [0.15, 0.2) is 53.1 Å². The minimum atomic E-state index is -4.43. The molecule has 4 rings (SSSR count). The highest BCUT2D eigenvalue weighted by Crippen LogP contribution is 2.29. The van der Waals surface area contributed by atoms with Gasteiger partial charge in [0.2, 0.25) is 0 Å². The first-order chi connectivity index (χ1) is 14.8. The fourth-order valence-electron chi connectivity index (χ4n) is 3.35. The predicted octanol–water partition coefficient (Wildman–Crippen LogP) is 3.85.